The molecular formula is C20H31NO5. The Hall–Kier alpha value is -2.08. The van der Waals surface area contributed by atoms with Gasteiger partial charge in [0.05, 0.1) is 13.1 Å². The number of nitrogens with zero attached hydrogens (tertiary/aromatic N) is 1. The first-order valence-corrected chi connectivity index (χ1v) is 8.78. The summed E-state index contributed by atoms with van der Waals surface area (Å²) in [6, 6.07) is 6.85. The average Bonchev–Trinajstić information content (AvgIpc) is 2.42. The highest BCUT2D eigenvalue weighted by molar-refractivity contribution is 5.75. The van der Waals surface area contributed by atoms with Crippen LogP contribution >= 0.6 is 0 Å². The molecule has 0 fully saturated rings. The predicted octanol–water partition coefficient (Wildman–Crippen LogP) is 2.92. The van der Waals surface area contributed by atoms with Gasteiger partial charge < -0.3 is 14.6 Å². The zero-order valence-corrected chi connectivity index (χ0v) is 16.7. The van der Waals surface area contributed by atoms with Crippen LogP contribution in [0.25, 0.3) is 0 Å². The number of carbonyl (C=O) groups excluding carboxylic acids is 2. The first-order valence-electron chi connectivity index (χ1n) is 8.78. The lowest BCUT2D eigenvalue weighted by Crippen LogP contribution is -2.40. The van der Waals surface area contributed by atoms with Crippen molar-refractivity contribution in [1.82, 2.24) is 4.90 Å². The van der Waals surface area contributed by atoms with Crippen LogP contribution in [-0.4, -0.2) is 52.8 Å². The Morgan fingerprint density at radius 3 is 1.69 bits per heavy atom. The van der Waals surface area contributed by atoms with Crippen LogP contribution < -0.4 is 0 Å². The Kier molecular flexibility index (Phi) is 7.63. The third-order valence-corrected chi connectivity index (χ3v) is 3.20. The van der Waals surface area contributed by atoms with Crippen LogP contribution in [0.2, 0.25) is 0 Å². The van der Waals surface area contributed by atoms with Gasteiger partial charge in [0.15, 0.2) is 0 Å². The van der Waals surface area contributed by atoms with Crippen LogP contribution in [0.1, 0.15) is 47.1 Å². The second kappa shape index (κ2) is 9.03. The van der Waals surface area contributed by atoms with E-state index in [-0.39, 0.29) is 30.8 Å². The molecule has 0 bridgehead atoms. The average molecular weight is 365 g/mol. The van der Waals surface area contributed by atoms with Crippen LogP contribution in [-0.2, 0) is 25.5 Å². The van der Waals surface area contributed by atoms with Gasteiger partial charge in [-0.25, -0.2) is 0 Å². The number of hydrogen-bond acceptors (Lipinski definition) is 6. The van der Waals surface area contributed by atoms with Crippen molar-refractivity contribution in [3.8, 4) is 5.75 Å². The molecule has 0 unspecified atom stereocenters. The van der Waals surface area contributed by atoms with E-state index in [4.69, 9.17) is 9.47 Å². The molecule has 1 aromatic rings. The molecule has 0 radical (unpaired) electrons. The summed E-state index contributed by atoms with van der Waals surface area (Å²) in [5.74, 6) is -0.563. The van der Waals surface area contributed by atoms with Crippen molar-refractivity contribution >= 4 is 11.9 Å². The van der Waals surface area contributed by atoms with Gasteiger partial charge in [-0.3, -0.25) is 14.5 Å². The Labute approximate surface area is 156 Å². The normalized spacial score (nSPS) is 12.1. The SMILES string of the molecule is CC(C)(C)OC(=O)CN(CCc1ccc(O)cc1)CC(=O)OC(C)(C)C. The minimum Gasteiger partial charge on any atom is -0.508 e. The molecule has 1 aromatic carbocycles. The fraction of sp³-hybridized carbons (Fsp3) is 0.600. The summed E-state index contributed by atoms with van der Waals surface area (Å²) < 4.78 is 10.7. The summed E-state index contributed by atoms with van der Waals surface area (Å²) in [6.07, 6.45) is 0.631. The number of carbonyl (C=O) groups is 2. The molecule has 0 saturated carbocycles. The van der Waals surface area contributed by atoms with E-state index in [1.807, 2.05) is 12.1 Å². The first kappa shape index (κ1) is 22.0. The smallest absolute Gasteiger partial charge is 0.320 e. The number of esters is 2. The summed E-state index contributed by atoms with van der Waals surface area (Å²) in [4.78, 5) is 26.0. The van der Waals surface area contributed by atoms with Crippen molar-refractivity contribution < 1.29 is 24.2 Å². The van der Waals surface area contributed by atoms with Crippen molar-refractivity contribution in [3.63, 3.8) is 0 Å². The second-order valence-electron chi connectivity index (χ2n) is 8.30. The quantitative estimate of drug-likeness (QED) is 0.749. The zero-order valence-electron chi connectivity index (χ0n) is 16.7. The molecule has 0 aliphatic heterocycles. The summed E-state index contributed by atoms with van der Waals surface area (Å²) in [5, 5.41) is 9.36. The van der Waals surface area contributed by atoms with Crippen LogP contribution in [0, 0.1) is 0 Å². The second-order valence-corrected chi connectivity index (χ2v) is 8.30. The summed E-state index contributed by atoms with van der Waals surface area (Å²) in [7, 11) is 0. The lowest BCUT2D eigenvalue weighted by Gasteiger charge is -2.26. The van der Waals surface area contributed by atoms with Gasteiger partial charge in [0.2, 0.25) is 0 Å². The molecule has 0 spiro atoms. The van der Waals surface area contributed by atoms with E-state index in [1.54, 1.807) is 58.6 Å². The van der Waals surface area contributed by atoms with Gasteiger partial charge in [0, 0.05) is 6.54 Å². The number of benzene rings is 1. The van der Waals surface area contributed by atoms with Crippen LogP contribution in [0.5, 0.6) is 5.75 Å². The van der Waals surface area contributed by atoms with Gasteiger partial charge in [-0.05, 0) is 65.7 Å². The van der Waals surface area contributed by atoms with Gasteiger partial charge in [0.1, 0.15) is 17.0 Å². The Bertz CT molecular complexity index is 566. The fourth-order valence-electron chi connectivity index (χ4n) is 2.28. The van der Waals surface area contributed by atoms with Gasteiger partial charge in [-0.15, -0.1) is 0 Å². The van der Waals surface area contributed by atoms with Crippen molar-refractivity contribution in [2.24, 2.45) is 0 Å². The van der Waals surface area contributed by atoms with Crippen LogP contribution in [0.4, 0.5) is 0 Å². The molecule has 1 rings (SSSR count). The highest BCUT2D eigenvalue weighted by Crippen LogP contribution is 2.12. The summed E-state index contributed by atoms with van der Waals surface area (Å²) >= 11 is 0. The molecule has 0 aliphatic rings. The molecule has 0 atom stereocenters. The molecular weight excluding hydrogens is 334 g/mol. The van der Waals surface area contributed by atoms with Crippen molar-refractivity contribution in [2.45, 2.75) is 59.2 Å². The molecule has 0 saturated heterocycles. The maximum Gasteiger partial charge on any atom is 0.320 e. The standard InChI is InChI=1S/C20H31NO5/c1-19(2,3)25-17(23)13-21(14-18(24)26-20(4,5)6)12-11-15-7-9-16(22)10-8-15/h7-10,22H,11-14H2,1-6H3. The van der Waals surface area contributed by atoms with Gasteiger partial charge in [0.25, 0.3) is 0 Å². The highest BCUT2D eigenvalue weighted by Gasteiger charge is 2.23. The minimum atomic E-state index is -0.578. The predicted molar refractivity (Wildman–Crippen MR) is 99.9 cm³/mol. The van der Waals surface area contributed by atoms with E-state index >= 15 is 0 Å². The van der Waals surface area contributed by atoms with Crippen molar-refractivity contribution in [3.05, 3.63) is 29.8 Å². The Morgan fingerprint density at radius 1 is 0.885 bits per heavy atom. The third kappa shape index (κ3) is 10.0. The molecule has 26 heavy (non-hydrogen) atoms. The monoisotopic (exact) mass is 365 g/mol. The van der Waals surface area contributed by atoms with E-state index < -0.39 is 11.2 Å². The number of phenols is 1. The van der Waals surface area contributed by atoms with E-state index in [2.05, 4.69) is 0 Å². The highest BCUT2D eigenvalue weighted by atomic mass is 16.6. The number of aromatic hydroxyl groups is 1. The first-order chi connectivity index (χ1) is 11.8. The minimum absolute atomic E-state index is 0.00853. The van der Waals surface area contributed by atoms with Gasteiger partial charge in [-0.2, -0.15) is 0 Å². The summed E-state index contributed by atoms with van der Waals surface area (Å²) in [6.45, 7) is 11.3. The number of hydrogen-bond donors (Lipinski definition) is 1. The Balaban J connectivity index is 2.71. The molecule has 146 valence electrons. The molecule has 0 aromatic heterocycles. The number of rotatable bonds is 7. The van der Waals surface area contributed by atoms with Crippen molar-refractivity contribution in [2.75, 3.05) is 19.6 Å². The third-order valence-electron chi connectivity index (χ3n) is 3.20. The number of ether oxygens (including phenoxy) is 2. The van der Waals surface area contributed by atoms with E-state index in [0.29, 0.717) is 13.0 Å². The van der Waals surface area contributed by atoms with Crippen LogP contribution in [0.15, 0.2) is 24.3 Å². The fourth-order valence-corrected chi connectivity index (χ4v) is 2.28. The maximum absolute atomic E-state index is 12.1. The van der Waals surface area contributed by atoms with E-state index in [1.165, 1.54) is 0 Å². The van der Waals surface area contributed by atoms with E-state index in [9.17, 15) is 14.7 Å². The van der Waals surface area contributed by atoms with Gasteiger partial charge in [-0.1, -0.05) is 12.1 Å². The molecule has 6 heteroatoms. The lowest BCUT2D eigenvalue weighted by atomic mass is 10.1. The van der Waals surface area contributed by atoms with Crippen LogP contribution in [0.3, 0.4) is 0 Å². The molecule has 0 heterocycles. The topological polar surface area (TPSA) is 76.1 Å². The number of phenolic OH excluding ortho intramolecular Hbond substituents is 1. The molecule has 0 amide bonds. The van der Waals surface area contributed by atoms with E-state index in [0.717, 1.165) is 5.56 Å². The molecule has 6 nitrogen and oxygen atoms in total. The lowest BCUT2D eigenvalue weighted by molar-refractivity contribution is -0.159. The molecule has 1 N–H and O–H groups in total. The largest absolute Gasteiger partial charge is 0.508 e. The van der Waals surface area contributed by atoms with Crippen molar-refractivity contribution in [1.29, 1.82) is 0 Å². The Morgan fingerprint density at radius 2 is 1.31 bits per heavy atom. The van der Waals surface area contributed by atoms with Gasteiger partial charge >= 0.3 is 11.9 Å². The molecule has 0 aliphatic carbocycles. The zero-order chi connectivity index (χ0) is 20.0. The summed E-state index contributed by atoms with van der Waals surface area (Å²) in [5.41, 5.74) is -0.154. The maximum atomic E-state index is 12.1.